The molecular weight excluding hydrogens is 197 g/mol. The average molecular weight is 221 g/mol. The fraction of sp³-hybridized carbons (Fsp3) is 1.00. The van der Waals surface area contributed by atoms with Crippen molar-refractivity contribution in [3.63, 3.8) is 0 Å². The third-order valence-corrected chi connectivity index (χ3v) is 2.58. The summed E-state index contributed by atoms with van der Waals surface area (Å²) in [6.07, 6.45) is 1.54. The molecule has 0 amide bonds. The molecule has 0 aliphatic carbocycles. The van der Waals surface area contributed by atoms with Crippen molar-refractivity contribution in [1.29, 1.82) is 0 Å². The summed E-state index contributed by atoms with van der Waals surface area (Å²) in [7, 11) is 4.22. The molecule has 1 aliphatic rings. The molecule has 1 aliphatic heterocycles. The van der Waals surface area contributed by atoms with Crippen molar-refractivity contribution >= 4 is 9.47 Å². The largest absolute Gasteiger partial charge is 0.361 e. The van der Waals surface area contributed by atoms with Gasteiger partial charge in [0, 0.05) is 42.7 Å². The Morgan fingerprint density at radius 2 is 2.21 bits per heavy atom. The highest BCUT2D eigenvalue weighted by Gasteiger charge is 2.21. The SMILES string of the molecule is CC.CN(N)CCN1CCC(OP)C1. The molecule has 86 valence electrons. The van der Waals surface area contributed by atoms with Gasteiger partial charge in [-0.15, -0.1) is 0 Å². The van der Waals surface area contributed by atoms with Crippen molar-refractivity contribution in [3.8, 4) is 0 Å². The highest BCUT2D eigenvalue weighted by atomic mass is 31.0. The Balaban J connectivity index is 0.000000791. The van der Waals surface area contributed by atoms with Gasteiger partial charge in [0.15, 0.2) is 0 Å². The lowest BCUT2D eigenvalue weighted by atomic mass is 10.3. The topological polar surface area (TPSA) is 41.7 Å². The van der Waals surface area contributed by atoms with Crippen LogP contribution in [0.5, 0.6) is 0 Å². The van der Waals surface area contributed by atoms with Gasteiger partial charge in [-0.2, -0.15) is 0 Å². The van der Waals surface area contributed by atoms with E-state index in [4.69, 9.17) is 10.4 Å². The Hall–Kier alpha value is 0.270. The molecule has 0 saturated carbocycles. The van der Waals surface area contributed by atoms with Gasteiger partial charge in [0.25, 0.3) is 0 Å². The Morgan fingerprint density at radius 3 is 2.64 bits per heavy atom. The van der Waals surface area contributed by atoms with E-state index in [-0.39, 0.29) is 0 Å². The van der Waals surface area contributed by atoms with Crippen LogP contribution >= 0.6 is 9.47 Å². The second-order valence-corrected chi connectivity index (χ2v) is 3.60. The standard InChI is InChI=1S/C7H18N3OP.C2H6/c1-9(8)4-5-10-3-2-7(6-10)11-12;1-2/h7H,2-6,8,12H2,1H3;1-2H3. The van der Waals surface area contributed by atoms with E-state index in [2.05, 4.69) is 14.4 Å². The summed E-state index contributed by atoms with van der Waals surface area (Å²) >= 11 is 0. The molecule has 1 rings (SSSR count). The molecular formula is C9H24N3OP. The van der Waals surface area contributed by atoms with Gasteiger partial charge in [-0.1, -0.05) is 13.8 Å². The highest BCUT2D eigenvalue weighted by molar-refractivity contribution is 7.09. The Morgan fingerprint density at radius 1 is 1.57 bits per heavy atom. The Labute approximate surface area is 90.0 Å². The smallest absolute Gasteiger partial charge is 0.0749 e. The van der Waals surface area contributed by atoms with Crippen LogP contribution in [0.15, 0.2) is 0 Å². The third kappa shape index (κ3) is 5.89. The van der Waals surface area contributed by atoms with E-state index >= 15 is 0 Å². The van der Waals surface area contributed by atoms with E-state index in [1.54, 1.807) is 5.01 Å². The van der Waals surface area contributed by atoms with Crippen LogP contribution in [0.3, 0.4) is 0 Å². The number of hydrogen-bond donors (Lipinski definition) is 1. The number of rotatable bonds is 4. The zero-order chi connectivity index (χ0) is 11.0. The first-order valence-corrected chi connectivity index (χ1v) is 5.73. The first kappa shape index (κ1) is 14.3. The molecule has 1 heterocycles. The summed E-state index contributed by atoms with van der Waals surface area (Å²) in [6.45, 7) is 8.13. The number of likely N-dealkylation sites (N-methyl/N-ethyl adjacent to an activating group) is 1. The molecule has 0 spiro atoms. The lowest BCUT2D eigenvalue weighted by Gasteiger charge is -2.17. The number of hydrogen-bond acceptors (Lipinski definition) is 4. The molecule has 0 aromatic rings. The molecule has 0 aromatic heterocycles. The first-order chi connectivity index (χ1) is 6.72. The van der Waals surface area contributed by atoms with Crippen LogP contribution in [0, 0.1) is 0 Å². The summed E-state index contributed by atoms with van der Waals surface area (Å²) in [5, 5.41) is 1.72. The Bertz CT molecular complexity index is 135. The van der Waals surface area contributed by atoms with Crippen molar-refractivity contribution in [2.24, 2.45) is 5.84 Å². The second-order valence-electron chi connectivity index (χ2n) is 3.33. The summed E-state index contributed by atoms with van der Waals surface area (Å²) in [4.78, 5) is 2.37. The predicted molar refractivity (Wildman–Crippen MR) is 63.8 cm³/mol. The monoisotopic (exact) mass is 221 g/mol. The zero-order valence-corrected chi connectivity index (χ0v) is 10.7. The van der Waals surface area contributed by atoms with Crippen LogP contribution in [-0.4, -0.2) is 49.2 Å². The van der Waals surface area contributed by atoms with Crippen molar-refractivity contribution in [1.82, 2.24) is 9.91 Å². The second kappa shape index (κ2) is 8.57. The molecule has 14 heavy (non-hydrogen) atoms. The van der Waals surface area contributed by atoms with Gasteiger partial charge >= 0.3 is 0 Å². The Kier molecular flexibility index (Phi) is 8.73. The fourth-order valence-electron chi connectivity index (χ4n) is 1.41. The van der Waals surface area contributed by atoms with Crippen LogP contribution in [0.25, 0.3) is 0 Å². The molecule has 0 bridgehead atoms. The molecule has 0 radical (unpaired) electrons. The molecule has 1 saturated heterocycles. The van der Waals surface area contributed by atoms with Crippen LogP contribution in [0.2, 0.25) is 0 Å². The molecule has 5 heteroatoms. The van der Waals surface area contributed by atoms with Crippen molar-refractivity contribution in [3.05, 3.63) is 0 Å². The fourth-order valence-corrected chi connectivity index (χ4v) is 1.63. The quantitative estimate of drug-likeness (QED) is 0.431. The number of likely N-dealkylation sites (tertiary alicyclic amines) is 1. The number of hydrazine groups is 1. The van der Waals surface area contributed by atoms with Crippen molar-refractivity contribution < 1.29 is 4.52 Å². The van der Waals surface area contributed by atoms with E-state index in [0.29, 0.717) is 6.10 Å². The molecule has 2 N–H and O–H groups in total. The summed E-state index contributed by atoms with van der Waals surface area (Å²) < 4.78 is 5.18. The minimum Gasteiger partial charge on any atom is -0.361 e. The summed E-state index contributed by atoms with van der Waals surface area (Å²) in [5.74, 6) is 5.51. The van der Waals surface area contributed by atoms with Gasteiger partial charge in [-0.05, 0) is 6.42 Å². The average Bonchev–Trinajstić information content (AvgIpc) is 2.65. The van der Waals surface area contributed by atoms with E-state index in [0.717, 1.165) is 32.6 Å². The minimum atomic E-state index is 0.401. The minimum absolute atomic E-state index is 0.401. The van der Waals surface area contributed by atoms with Gasteiger partial charge in [-0.3, -0.25) is 10.7 Å². The normalized spacial score (nSPS) is 22.3. The molecule has 1 fully saturated rings. The third-order valence-electron chi connectivity index (χ3n) is 2.19. The van der Waals surface area contributed by atoms with E-state index in [1.165, 1.54) is 0 Å². The maximum atomic E-state index is 5.51. The van der Waals surface area contributed by atoms with Crippen molar-refractivity contribution in [2.45, 2.75) is 26.4 Å². The van der Waals surface area contributed by atoms with Gasteiger partial charge < -0.3 is 4.52 Å². The molecule has 4 nitrogen and oxygen atoms in total. The lowest BCUT2D eigenvalue weighted by Crippen LogP contribution is -2.35. The number of nitrogens with two attached hydrogens (primary N) is 1. The van der Waals surface area contributed by atoms with E-state index in [1.807, 2.05) is 20.9 Å². The van der Waals surface area contributed by atoms with Crippen LogP contribution in [-0.2, 0) is 4.52 Å². The molecule has 2 atom stereocenters. The maximum Gasteiger partial charge on any atom is 0.0749 e. The van der Waals surface area contributed by atoms with Gasteiger partial charge in [0.2, 0.25) is 0 Å². The van der Waals surface area contributed by atoms with Crippen molar-refractivity contribution in [2.75, 3.05) is 33.2 Å². The summed E-state index contributed by atoms with van der Waals surface area (Å²) in [5.41, 5.74) is 0. The van der Waals surface area contributed by atoms with Crippen LogP contribution in [0.1, 0.15) is 20.3 Å². The summed E-state index contributed by atoms with van der Waals surface area (Å²) in [6, 6.07) is 0. The van der Waals surface area contributed by atoms with Crippen LogP contribution < -0.4 is 5.84 Å². The van der Waals surface area contributed by atoms with E-state index < -0.39 is 0 Å². The van der Waals surface area contributed by atoms with Gasteiger partial charge in [0.05, 0.1) is 6.10 Å². The first-order valence-electron chi connectivity index (χ1n) is 5.26. The van der Waals surface area contributed by atoms with Gasteiger partial charge in [0.1, 0.15) is 0 Å². The van der Waals surface area contributed by atoms with Crippen LogP contribution in [0.4, 0.5) is 0 Å². The highest BCUT2D eigenvalue weighted by Crippen LogP contribution is 2.13. The predicted octanol–water partition coefficient (Wildman–Crippen LogP) is 0.699. The molecule has 2 unspecified atom stereocenters. The lowest BCUT2D eigenvalue weighted by molar-refractivity contribution is 0.215. The maximum absolute atomic E-state index is 5.51. The number of nitrogens with zero attached hydrogens (tertiary/aromatic N) is 2. The van der Waals surface area contributed by atoms with E-state index in [9.17, 15) is 0 Å². The molecule has 0 aromatic carbocycles. The zero-order valence-electron chi connectivity index (χ0n) is 9.57. The van der Waals surface area contributed by atoms with Gasteiger partial charge in [-0.25, -0.2) is 5.01 Å².